The van der Waals surface area contributed by atoms with E-state index in [9.17, 15) is 4.79 Å². The van der Waals surface area contributed by atoms with Gasteiger partial charge in [-0.25, -0.2) is 5.43 Å². The van der Waals surface area contributed by atoms with Crippen LogP contribution >= 0.6 is 31.9 Å². The first-order valence-electron chi connectivity index (χ1n) is 7.45. The molecule has 0 bridgehead atoms. The van der Waals surface area contributed by atoms with Crippen LogP contribution in [0.2, 0.25) is 0 Å². The molecule has 126 valence electrons. The van der Waals surface area contributed by atoms with Gasteiger partial charge in [0.05, 0.1) is 6.21 Å². The maximum Gasteiger partial charge on any atom is 0.277 e. The van der Waals surface area contributed by atoms with E-state index in [4.69, 9.17) is 4.74 Å². The molecule has 0 radical (unpaired) electrons. The van der Waals surface area contributed by atoms with Crippen molar-refractivity contribution >= 4 is 44.0 Å². The Kier molecular flexibility index (Phi) is 6.99. The van der Waals surface area contributed by atoms with E-state index in [1.807, 2.05) is 42.5 Å². The van der Waals surface area contributed by atoms with Gasteiger partial charge in [-0.2, -0.15) is 5.10 Å². The Bertz CT molecular complexity index is 728. The van der Waals surface area contributed by atoms with Gasteiger partial charge < -0.3 is 4.74 Å². The van der Waals surface area contributed by atoms with Gasteiger partial charge in [0.15, 0.2) is 6.61 Å². The van der Waals surface area contributed by atoms with E-state index in [-0.39, 0.29) is 12.5 Å². The predicted octanol–water partition coefficient (Wildman–Crippen LogP) is 4.86. The van der Waals surface area contributed by atoms with Crippen LogP contribution in [0.4, 0.5) is 0 Å². The van der Waals surface area contributed by atoms with Gasteiger partial charge in [-0.1, -0.05) is 57.8 Å². The lowest BCUT2D eigenvalue weighted by Gasteiger charge is -2.13. The van der Waals surface area contributed by atoms with E-state index < -0.39 is 0 Å². The molecule has 1 amide bonds. The van der Waals surface area contributed by atoms with Crippen molar-refractivity contribution in [2.45, 2.75) is 19.8 Å². The number of carbonyl (C=O) groups excluding carboxylic acids is 1. The molecule has 0 unspecified atom stereocenters. The van der Waals surface area contributed by atoms with Crippen LogP contribution in [0, 0.1) is 0 Å². The minimum absolute atomic E-state index is 0.0843. The van der Waals surface area contributed by atoms with E-state index in [0.717, 1.165) is 20.1 Å². The van der Waals surface area contributed by atoms with Gasteiger partial charge in [0.25, 0.3) is 5.91 Å². The van der Waals surface area contributed by atoms with E-state index >= 15 is 0 Å². The molecule has 1 N–H and O–H groups in total. The molecule has 0 aromatic heterocycles. The summed E-state index contributed by atoms with van der Waals surface area (Å²) in [7, 11) is 0. The highest BCUT2D eigenvalue weighted by atomic mass is 79.9. The quantitative estimate of drug-likeness (QED) is 0.501. The number of rotatable bonds is 6. The number of hydrogen-bond acceptors (Lipinski definition) is 3. The van der Waals surface area contributed by atoms with Gasteiger partial charge in [0, 0.05) is 8.95 Å². The number of nitrogens with zero attached hydrogens (tertiary/aromatic N) is 1. The van der Waals surface area contributed by atoms with Gasteiger partial charge in [-0.15, -0.1) is 0 Å². The monoisotopic (exact) mass is 452 g/mol. The molecule has 0 saturated carbocycles. The zero-order chi connectivity index (χ0) is 17.5. The first-order valence-corrected chi connectivity index (χ1v) is 9.04. The van der Waals surface area contributed by atoms with Crippen molar-refractivity contribution in [3.05, 3.63) is 62.5 Å². The predicted molar refractivity (Wildman–Crippen MR) is 104 cm³/mol. The molecular formula is C18H18Br2N2O2. The van der Waals surface area contributed by atoms with Crippen molar-refractivity contribution in [3.8, 4) is 5.75 Å². The minimum atomic E-state index is -0.305. The van der Waals surface area contributed by atoms with Gasteiger partial charge in [-0.3, -0.25) is 4.79 Å². The van der Waals surface area contributed by atoms with Crippen molar-refractivity contribution in [1.82, 2.24) is 5.43 Å². The summed E-state index contributed by atoms with van der Waals surface area (Å²) < 4.78 is 7.60. The van der Waals surface area contributed by atoms with Crippen molar-refractivity contribution in [1.29, 1.82) is 0 Å². The normalized spacial score (nSPS) is 11.0. The fourth-order valence-corrected chi connectivity index (χ4v) is 2.65. The molecule has 0 aliphatic rings. The average molecular weight is 454 g/mol. The van der Waals surface area contributed by atoms with Crippen LogP contribution in [0.1, 0.15) is 30.9 Å². The molecule has 2 aromatic rings. The summed E-state index contributed by atoms with van der Waals surface area (Å²) in [5.74, 6) is 0.706. The molecule has 0 aliphatic carbocycles. The van der Waals surface area contributed by atoms with E-state index in [0.29, 0.717) is 11.7 Å². The molecule has 4 nitrogen and oxygen atoms in total. The van der Waals surface area contributed by atoms with Crippen LogP contribution < -0.4 is 10.2 Å². The van der Waals surface area contributed by atoms with Crippen molar-refractivity contribution in [2.75, 3.05) is 6.61 Å². The summed E-state index contributed by atoms with van der Waals surface area (Å²) in [6.07, 6.45) is 1.59. The molecule has 0 saturated heterocycles. The summed E-state index contributed by atoms with van der Waals surface area (Å²) in [4.78, 5) is 11.8. The molecule has 6 heteroatoms. The van der Waals surface area contributed by atoms with Crippen LogP contribution in [0.15, 0.2) is 56.5 Å². The molecule has 0 spiro atoms. The molecular weight excluding hydrogens is 436 g/mol. The fourth-order valence-electron chi connectivity index (χ4n) is 2.01. The van der Waals surface area contributed by atoms with Crippen LogP contribution in [0.25, 0.3) is 0 Å². The van der Waals surface area contributed by atoms with Crippen molar-refractivity contribution < 1.29 is 9.53 Å². The Balaban J connectivity index is 1.88. The third-order valence-corrected chi connectivity index (χ3v) is 4.25. The van der Waals surface area contributed by atoms with Gasteiger partial charge >= 0.3 is 0 Å². The third-order valence-electron chi connectivity index (χ3n) is 3.23. The number of carbonyl (C=O) groups is 1. The Morgan fingerprint density at radius 2 is 1.83 bits per heavy atom. The van der Waals surface area contributed by atoms with E-state index in [1.54, 1.807) is 6.21 Å². The van der Waals surface area contributed by atoms with E-state index in [1.165, 1.54) is 0 Å². The molecule has 2 rings (SSSR count). The number of hydrazone groups is 1. The van der Waals surface area contributed by atoms with Crippen LogP contribution in [0.5, 0.6) is 5.75 Å². The van der Waals surface area contributed by atoms with Crippen LogP contribution in [0.3, 0.4) is 0 Å². The highest BCUT2D eigenvalue weighted by Gasteiger charge is 2.10. The smallest absolute Gasteiger partial charge is 0.277 e. The first kappa shape index (κ1) is 18.7. The maximum atomic E-state index is 11.8. The molecule has 24 heavy (non-hydrogen) atoms. The summed E-state index contributed by atoms with van der Waals surface area (Å²) in [5, 5.41) is 3.93. The number of halogens is 2. The second kappa shape index (κ2) is 8.99. The Hall–Kier alpha value is -1.66. The molecule has 0 atom stereocenters. The molecule has 0 aliphatic heterocycles. The lowest BCUT2D eigenvalue weighted by Crippen LogP contribution is -2.24. The number of nitrogens with one attached hydrogen (secondary N) is 1. The Morgan fingerprint density at radius 1 is 1.17 bits per heavy atom. The number of amides is 1. The number of benzene rings is 2. The molecule has 0 heterocycles. The SMILES string of the molecule is CC(C)c1cc(Br)ccc1OCC(=O)N/N=C/c1ccc(Br)cc1. The first-order chi connectivity index (χ1) is 11.5. The highest BCUT2D eigenvalue weighted by molar-refractivity contribution is 9.10. The summed E-state index contributed by atoms with van der Waals surface area (Å²) in [6.45, 7) is 4.08. The van der Waals surface area contributed by atoms with Gasteiger partial charge in [0.1, 0.15) is 5.75 Å². The second-order valence-corrected chi connectivity index (χ2v) is 7.30. The van der Waals surface area contributed by atoms with Crippen LogP contribution in [-0.2, 0) is 4.79 Å². The van der Waals surface area contributed by atoms with E-state index in [2.05, 4.69) is 56.2 Å². The topological polar surface area (TPSA) is 50.7 Å². The summed E-state index contributed by atoms with van der Waals surface area (Å²) >= 11 is 6.81. The number of hydrogen-bond donors (Lipinski definition) is 1. The van der Waals surface area contributed by atoms with Gasteiger partial charge in [-0.05, 0) is 47.4 Å². The summed E-state index contributed by atoms with van der Waals surface area (Å²) in [6, 6.07) is 13.4. The van der Waals surface area contributed by atoms with Crippen LogP contribution in [-0.4, -0.2) is 18.7 Å². The standard InChI is InChI=1S/C18H18Br2N2O2/c1-12(2)16-9-15(20)7-8-17(16)24-11-18(23)22-21-10-13-3-5-14(19)6-4-13/h3-10,12H,11H2,1-2H3,(H,22,23)/b21-10+. The zero-order valence-electron chi connectivity index (χ0n) is 13.4. The minimum Gasteiger partial charge on any atom is -0.483 e. The molecule has 2 aromatic carbocycles. The molecule has 0 fully saturated rings. The van der Waals surface area contributed by atoms with Gasteiger partial charge in [0.2, 0.25) is 0 Å². The Labute approximate surface area is 158 Å². The maximum absolute atomic E-state index is 11.8. The fraction of sp³-hybridized carbons (Fsp3) is 0.222. The third kappa shape index (κ3) is 5.76. The average Bonchev–Trinajstić information content (AvgIpc) is 2.55. The lowest BCUT2D eigenvalue weighted by molar-refractivity contribution is -0.123. The van der Waals surface area contributed by atoms with Crippen molar-refractivity contribution in [3.63, 3.8) is 0 Å². The largest absolute Gasteiger partial charge is 0.483 e. The lowest BCUT2D eigenvalue weighted by atomic mass is 10.0. The highest BCUT2D eigenvalue weighted by Crippen LogP contribution is 2.29. The summed E-state index contributed by atoms with van der Waals surface area (Å²) in [5.41, 5.74) is 4.41. The zero-order valence-corrected chi connectivity index (χ0v) is 16.6. The second-order valence-electron chi connectivity index (χ2n) is 5.47. The van der Waals surface area contributed by atoms with Crippen molar-refractivity contribution in [2.24, 2.45) is 5.10 Å². The Morgan fingerprint density at radius 3 is 2.50 bits per heavy atom. The number of ether oxygens (including phenoxy) is 1.